The zero-order valence-corrected chi connectivity index (χ0v) is 23.9. The average molecular weight is 577 g/mol. The molecular weight excluding hydrogens is 535 g/mol. The zero-order valence-electron chi connectivity index (χ0n) is 23.9. The molecule has 0 amide bonds. The van der Waals surface area contributed by atoms with Gasteiger partial charge in [0, 0.05) is 41.0 Å². The van der Waals surface area contributed by atoms with E-state index in [1.54, 1.807) is 12.1 Å². The summed E-state index contributed by atoms with van der Waals surface area (Å²) in [4.78, 5) is 0. The molecule has 6 atom stereocenters. The Bertz CT molecular complexity index is 1490. The third-order valence-electron chi connectivity index (χ3n) is 8.84. The van der Waals surface area contributed by atoms with Crippen molar-refractivity contribution in [2.24, 2.45) is 5.92 Å². The number of hydrogen-bond donors (Lipinski definition) is 3. The van der Waals surface area contributed by atoms with Crippen LogP contribution in [0.25, 0.3) is 11.1 Å². The molecule has 3 fully saturated rings. The highest BCUT2D eigenvalue weighted by molar-refractivity contribution is 5.64. The second-order valence-electron chi connectivity index (χ2n) is 11.4. The fraction of sp³-hybridized carbons (Fsp3) is 0.405. The lowest BCUT2D eigenvalue weighted by atomic mass is 9.76. The fourth-order valence-corrected chi connectivity index (χ4v) is 6.35. The summed E-state index contributed by atoms with van der Waals surface area (Å²) in [6.45, 7) is 2.18. The van der Waals surface area contributed by atoms with Crippen molar-refractivity contribution in [2.45, 2.75) is 82.5 Å². The van der Waals surface area contributed by atoms with Crippen LogP contribution in [0.2, 0.25) is 0 Å². The normalized spacial score (nSPS) is 25.6. The first-order valence-corrected chi connectivity index (χ1v) is 14.9. The van der Waals surface area contributed by atoms with Gasteiger partial charge in [0.05, 0.1) is 18.7 Å². The van der Waals surface area contributed by atoms with Gasteiger partial charge >= 0.3 is 0 Å². The Morgan fingerprint density at radius 1 is 0.814 bits per heavy atom. The van der Waals surface area contributed by atoms with Crippen molar-refractivity contribution in [3.8, 4) is 35.1 Å². The lowest BCUT2D eigenvalue weighted by molar-refractivity contribution is 0.151. The Labute approximate surface area is 255 Å². The number of aliphatic hydroxyl groups is 1. The summed E-state index contributed by atoms with van der Waals surface area (Å²) in [6, 6.07) is 27.4. The molecule has 0 radical (unpaired) electrons. The average Bonchev–Trinajstić information content (AvgIpc) is 3.52. The SMILES string of the molecule is C.CC[C@@H]1N[C@H](C#N)[C@H]1c1ccc(-c2ccccc2F)cc1.N#C[C@H]1N[C@@H](CO)[C@@H]1c1ccc(C#CC2CCCC2)cc1. The van der Waals surface area contributed by atoms with E-state index in [1.165, 1.54) is 31.7 Å². The molecule has 3 aliphatic rings. The summed E-state index contributed by atoms with van der Waals surface area (Å²) in [5, 5.41) is 33.8. The molecule has 0 spiro atoms. The number of benzene rings is 3. The Morgan fingerprint density at radius 2 is 1.37 bits per heavy atom. The van der Waals surface area contributed by atoms with Crippen molar-refractivity contribution in [1.82, 2.24) is 10.6 Å². The number of hydrogen-bond acceptors (Lipinski definition) is 5. The molecule has 3 aromatic carbocycles. The number of nitrogens with zero attached hydrogens (tertiary/aromatic N) is 2. The van der Waals surface area contributed by atoms with Crippen LogP contribution in [0, 0.1) is 46.2 Å². The molecule has 6 rings (SSSR count). The minimum Gasteiger partial charge on any atom is -0.395 e. The molecule has 43 heavy (non-hydrogen) atoms. The molecule has 0 aromatic heterocycles. The van der Waals surface area contributed by atoms with E-state index in [2.05, 4.69) is 41.5 Å². The Hall–Kier alpha value is -3.99. The van der Waals surface area contributed by atoms with Crippen LogP contribution in [0.15, 0.2) is 72.8 Å². The van der Waals surface area contributed by atoms with Gasteiger partial charge in [0.15, 0.2) is 0 Å². The molecular formula is C37H41FN4O. The van der Waals surface area contributed by atoms with Gasteiger partial charge in [0.2, 0.25) is 0 Å². The smallest absolute Gasteiger partial charge is 0.131 e. The highest BCUT2D eigenvalue weighted by Gasteiger charge is 2.41. The molecule has 5 nitrogen and oxygen atoms in total. The monoisotopic (exact) mass is 576 g/mol. The summed E-state index contributed by atoms with van der Waals surface area (Å²) < 4.78 is 13.8. The molecule has 1 saturated carbocycles. The number of rotatable bonds is 5. The van der Waals surface area contributed by atoms with Crippen molar-refractivity contribution < 1.29 is 9.50 Å². The first kappa shape index (κ1) is 31.9. The summed E-state index contributed by atoms with van der Waals surface area (Å²) in [6.07, 6.45) is 6.09. The Morgan fingerprint density at radius 3 is 1.93 bits per heavy atom. The zero-order chi connectivity index (χ0) is 29.5. The predicted octanol–water partition coefficient (Wildman–Crippen LogP) is 6.65. The van der Waals surface area contributed by atoms with Crippen molar-refractivity contribution >= 4 is 0 Å². The van der Waals surface area contributed by atoms with E-state index in [1.807, 2.05) is 54.6 Å². The van der Waals surface area contributed by atoms with Gasteiger partial charge in [-0.2, -0.15) is 10.5 Å². The highest BCUT2D eigenvalue weighted by atomic mass is 19.1. The van der Waals surface area contributed by atoms with Gasteiger partial charge in [-0.3, -0.25) is 10.6 Å². The second-order valence-corrected chi connectivity index (χ2v) is 11.4. The number of nitrogens with one attached hydrogen (secondary N) is 2. The minimum absolute atomic E-state index is 0. The Kier molecular flexibility index (Phi) is 11.1. The molecule has 2 heterocycles. The third kappa shape index (κ3) is 7.15. The molecule has 0 bridgehead atoms. The van der Waals surface area contributed by atoms with Gasteiger partial charge < -0.3 is 5.11 Å². The van der Waals surface area contributed by atoms with E-state index in [9.17, 15) is 9.50 Å². The van der Waals surface area contributed by atoms with E-state index in [0.29, 0.717) is 17.5 Å². The maximum atomic E-state index is 13.8. The minimum atomic E-state index is -0.211. The molecule has 3 N–H and O–H groups in total. The van der Waals surface area contributed by atoms with Crippen LogP contribution in [0.1, 0.15) is 75.0 Å². The third-order valence-corrected chi connectivity index (χ3v) is 8.84. The molecule has 0 unspecified atom stereocenters. The summed E-state index contributed by atoms with van der Waals surface area (Å²) in [5.74, 6) is 7.29. The fourth-order valence-electron chi connectivity index (χ4n) is 6.35. The van der Waals surface area contributed by atoms with E-state index in [4.69, 9.17) is 10.5 Å². The Balaban J connectivity index is 0.000000192. The lowest BCUT2D eigenvalue weighted by Crippen LogP contribution is -2.60. The molecule has 3 aromatic rings. The van der Waals surface area contributed by atoms with E-state index in [-0.39, 0.29) is 49.8 Å². The summed E-state index contributed by atoms with van der Waals surface area (Å²) in [7, 11) is 0. The van der Waals surface area contributed by atoms with Crippen LogP contribution in [0.5, 0.6) is 0 Å². The highest BCUT2D eigenvalue weighted by Crippen LogP contribution is 2.35. The number of halogens is 1. The molecule has 222 valence electrons. The molecule has 6 heteroatoms. The maximum absolute atomic E-state index is 13.8. The first-order valence-electron chi connectivity index (χ1n) is 14.9. The standard InChI is InChI=1S/C18H17FN2.C18H20N2O.CH4/c1-2-16-18(17(11-20)21-16)13-9-7-12(8-10-13)14-5-3-4-6-15(14)19;19-11-16-18(17(12-21)20-16)15-9-7-14(8-10-15)6-5-13-3-1-2-4-13;/h3-10,16-18,21H,2H2,1H3;7-10,13,16-18,20-21H,1-4,12H2;1H4/t2*16-,17+,18-;/m01./s1. The number of aliphatic hydroxyl groups excluding tert-OH is 1. The van der Waals surface area contributed by atoms with Gasteiger partial charge in [-0.15, -0.1) is 0 Å². The second kappa shape index (κ2) is 15.0. The van der Waals surface area contributed by atoms with Gasteiger partial charge in [-0.05, 0) is 54.2 Å². The van der Waals surface area contributed by atoms with Crippen molar-refractivity contribution in [3.63, 3.8) is 0 Å². The van der Waals surface area contributed by atoms with Gasteiger partial charge in [-0.25, -0.2) is 4.39 Å². The van der Waals surface area contributed by atoms with E-state index in [0.717, 1.165) is 28.7 Å². The predicted molar refractivity (Wildman–Crippen MR) is 169 cm³/mol. The van der Waals surface area contributed by atoms with Crippen molar-refractivity contribution in [3.05, 3.63) is 95.3 Å². The van der Waals surface area contributed by atoms with E-state index >= 15 is 0 Å². The summed E-state index contributed by atoms with van der Waals surface area (Å²) >= 11 is 0. The molecule has 2 saturated heterocycles. The summed E-state index contributed by atoms with van der Waals surface area (Å²) in [5.41, 5.74) is 4.76. The van der Waals surface area contributed by atoms with Gasteiger partial charge in [-0.1, -0.05) is 93.6 Å². The van der Waals surface area contributed by atoms with E-state index < -0.39 is 0 Å². The van der Waals surface area contributed by atoms with Crippen LogP contribution in [-0.2, 0) is 0 Å². The first-order chi connectivity index (χ1) is 20.6. The maximum Gasteiger partial charge on any atom is 0.131 e. The number of nitriles is 2. The van der Waals surface area contributed by atoms with Gasteiger partial charge in [0.25, 0.3) is 0 Å². The van der Waals surface area contributed by atoms with Crippen LogP contribution < -0.4 is 10.6 Å². The molecule has 1 aliphatic carbocycles. The topological polar surface area (TPSA) is 91.9 Å². The van der Waals surface area contributed by atoms with Crippen LogP contribution in [0.4, 0.5) is 4.39 Å². The van der Waals surface area contributed by atoms with Crippen molar-refractivity contribution in [1.29, 1.82) is 10.5 Å². The van der Waals surface area contributed by atoms with Crippen LogP contribution >= 0.6 is 0 Å². The van der Waals surface area contributed by atoms with Crippen LogP contribution in [0.3, 0.4) is 0 Å². The van der Waals surface area contributed by atoms with Crippen molar-refractivity contribution in [2.75, 3.05) is 6.61 Å². The molecule has 2 aliphatic heterocycles. The van der Waals surface area contributed by atoms with Gasteiger partial charge in [0.1, 0.15) is 17.9 Å². The largest absolute Gasteiger partial charge is 0.395 e. The van der Waals surface area contributed by atoms with Crippen LogP contribution in [-0.4, -0.2) is 35.9 Å². The lowest BCUT2D eigenvalue weighted by Gasteiger charge is -2.42. The quantitative estimate of drug-likeness (QED) is 0.296.